The molecule has 1 aliphatic rings. The third-order valence-electron chi connectivity index (χ3n) is 3.08. The average Bonchev–Trinajstić information content (AvgIpc) is 2.38. The molecule has 0 aliphatic carbocycles. The Bertz CT molecular complexity index is 296. The molecule has 1 heterocycles. The first-order valence-corrected chi connectivity index (χ1v) is 5.98. The summed E-state index contributed by atoms with van der Waals surface area (Å²) < 4.78 is 5.32. The molecule has 3 N–H and O–H groups in total. The second-order valence-corrected chi connectivity index (χ2v) is 4.31. The van der Waals surface area contributed by atoms with Gasteiger partial charge in [-0.05, 0) is 18.4 Å². The summed E-state index contributed by atoms with van der Waals surface area (Å²) >= 11 is 0. The van der Waals surface area contributed by atoms with Crippen LogP contribution in [0.1, 0.15) is 24.4 Å². The zero-order valence-corrected chi connectivity index (χ0v) is 9.56. The van der Waals surface area contributed by atoms with Gasteiger partial charge < -0.3 is 15.8 Å². The lowest BCUT2D eigenvalue weighted by molar-refractivity contribution is 0.0777. The van der Waals surface area contributed by atoms with Gasteiger partial charge in [-0.2, -0.15) is 0 Å². The van der Waals surface area contributed by atoms with E-state index in [1.54, 1.807) is 0 Å². The molecule has 0 spiro atoms. The van der Waals surface area contributed by atoms with E-state index in [9.17, 15) is 0 Å². The first kappa shape index (κ1) is 11.6. The van der Waals surface area contributed by atoms with Crippen LogP contribution < -0.4 is 11.1 Å². The second-order valence-electron chi connectivity index (χ2n) is 4.31. The molecule has 0 bridgehead atoms. The Morgan fingerprint density at radius 2 is 1.94 bits per heavy atom. The van der Waals surface area contributed by atoms with E-state index in [2.05, 4.69) is 17.4 Å². The van der Waals surface area contributed by atoms with Gasteiger partial charge in [-0.15, -0.1) is 0 Å². The van der Waals surface area contributed by atoms with E-state index in [1.807, 2.05) is 18.2 Å². The highest BCUT2D eigenvalue weighted by atomic mass is 16.5. The fraction of sp³-hybridized carbons (Fsp3) is 0.538. The smallest absolute Gasteiger partial charge is 0.0480 e. The Labute approximate surface area is 97.0 Å². The van der Waals surface area contributed by atoms with Gasteiger partial charge in [0.25, 0.3) is 0 Å². The van der Waals surface area contributed by atoms with Crippen LogP contribution in [0.5, 0.6) is 0 Å². The van der Waals surface area contributed by atoms with E-state index in [4.69, 9.17) is 10.5 Å². The van der Waals surface area contributed by atoms with Crippen molar-refractivity contribution in [3.8, 4) is 0 Å². The van der Waals surface area contributed by atoms with Crippen molar-refractivity contribution in [3.05, 3.63) is 35.9 Å². The molecule has 0 aromatic heterocycles. The van der Waals surface area contributed by atoms with Gasteiger partial charge in [-0.3, -0.25) is 0 Å². The number of benzene rings is 1. The van der Waals surface area contributed by atoms with Gasteiger partial charge in [-0.1, -0.05) is 30.3 Å². The highest BCUT2D eigenvalue weighted by Crippen LogP contribution is 2.10. The van der Waals surface area contributed by atoms with Gasteiger partial charge in [-0.25, -0.2) is 0 Å². The molecule has 16 heavy (non-hydrogen) atoms. The number of hydrogen-bond acceptors (Lipinski definition) is 3. The number of hydrogen-bond donors (Lipinski definition) is 2. The van der Waals surface area contributed by atoms with Crippen molar-refractivity contribution < 1.29 is 4.74 Å². The standard InChI is InChI=1S/C13H20N2O/c14-13(11-4-2-1-3-5-11)10-15-12-6-8-16-9-7-12/h1-5,12-13,15H,6-10,14H2/t13-/m1/s1. The van der Waals surface area contributed by atoms with E-state index in [0.29, 0.717) is 6.04 Å². The van der Waals surface area contributed by atoms with E-state index in [-0.39, 0.29) is 6.04 Å². The van der Waals surface area contributed by atoms with E-state index in [1.165, 1.54) is 5.56 Å². The van der Waals surface area contributed by atoms with Crippen molar-refractivity contribution in [3.63, 3.8) is 0 Å². The molecule has 1 saturated heterocycles. The molecule has 0 radical (unpaired) electrons. The minimum Gasteiger partial charge on any atom is -0.381 e. The molecule has 3 heteroatoms. The molecule has 0 amide bonds. The Morgan fingerprint density at radius 3 is 2.62 bits per heavy atom. The number of rotatable bonds is 4. The van der Waals surface area contributed by atoms with E-state index in [0.717, 1.165) is 32.6 Å². The van der Waals surface area contributed by atoms with Gasteiger partial charge in [0.1, 0.15) is 0 Å². The summed E-state index contributed by atoms with van der Waals surface area (Å²) in [6.07, 6.45) is 2.20. The highest BCUT2D eigenvalue weighted by molar-refractivity contribution is 5.18. The van der Waals surface area contributed by atoms with Crippen molar-refractivity contribution in [1.29, 1.82) is 0 Å². The lowest BCUT2D eigenvalue weighted by atomic mass is 10.1. The number of ether oxygens (including phenoxy) is 1. The molecule has 3 nitrogen and oxygen atoms in total. The number of nitrogens with two attached hydrogens (primary N) is 1. The topological polar surface area (TPSA) is 47.3 Å². The summed E-state index contributed by atoms with van der Waals surface area (Å²) in [5.74, 6) is 0. The number of nitrogens with one attached hydrogen (secondary N) is 1. The molecule has 1 atom stereocenters. The zero-order valence-electron chi connectivity index (χ0n) is 9.56. The molecule has 1 aromatic rings. The summed E-state index contributed by atoms with van der Waals surface area (Å²) in [5.41, 5.74) is 7.31. The highest BCUT2D eigenvalue weighted by Gasteiger charge is 2.14. The van der Waals surface area contributed by atoms with Gasteiger partial charge >= 0.3 is 0 Å². The molecule has 0 unspecified atom stereocenters. The minimum absolute atomic E-state index is 0.0871. The van der Waals surface area contributed by atoms with E-state index >= 15 is 0 Å². The van der Waals surface area contributed by atoms with Crippen molar-refractivity contribution in [2.45, 2.75) is 24.9 Å². The SMILES string of the molecule is N[C@H](CNC1CCOCC1)c1ccccc1. The van der Waals surface area contributed by atoms with Crippen molar-refractivity contribution >= 4 is 0 Å². The Morgan fingerprint density at radius 1 is 1.25 bits per heavy atom. The molecule has 1 fully saturated rings. The Hall–Kier alpha value is -0.900. The molecule has 1 aromatic carbocycles. The molecular formula is C13H20N2O. The maximum absolute atomic E-state index is 6.12. The Balaban J connectivity index is 1.77. The van der Waals surface area contributed by atoms with Crippen LogP contribution in [-0.2, 0) is 4.74 Å². The summed E-state index contributed by atoms with van der Waals surface area (Å²) in [6.45, 7) is 2.59. The second kappa shape index (κ2) is 5.99. The average molecular weight is 220 g/mol. The van der Waals surface area contributed by atoms with Crippen LogP contribution in [0.25, 0.3) is 0 Å². The summed E-state index contributed by atoms with van der Waals surface area (Å²) in [6, 6.07) is 10.9. The lowest BCUT2D eigenvalue weighted by Gasteiger charge is -2.24. The fourth-order valence-corrected chi connectivity index (χ4v) is 2.01. The quantitative estimate of drug-likeness (QED) is 0.807. The summed E-state index contributed by atoms with van der Waals surface area (Å²) in [7, 11) is 0. The zero-order chi connectivity index (χ0) is 11.2. The maximum Gasteiger partial charge on any atom is 0.0480 e. The Kier molecular flexibility index (Phi) is 4.34. The lowest BCUT2D eigenvalue weighted by Crippen LogP contribution is -2.38. The minimum atomic E-state index is 0.0871. The molecule has 0 saturated carbocycles. The third kappa shape index (κ3) is 3.30. The third-order valence-corrected chi connectivity index (χ3v) is 3.08. The van der Waals surface area contributed by atoms with Gasteiger partial charge in [0.2, 0.25) is 0 Å². The predicted octanol–water partition coefficient (Wildman–Crippen LogP) is 1.45. The molecule has 88 valence electrons. The van der Waals surface area contributed by atoms with Crippen molar-refractivity contribution in [2.24, 2.45) is 5.73 Å². The van der Waals surface area contributed by atoms with Crippen LogP contribution in [0.15, 0.2) is 30.3 Å². The van der Waals surface area contributed by atoms with Crippen LogP contribution in [0.4, 0.5) is 0 Å². The van der Waals surface area contributed by atoms with Gasteiger partial charge in [0.15, 0.2) is 0 Å². The maximum atomic E-state index is 6.12. The van der Waals surface area contributed by atoms with Crippen LogP contribution in [-0.4, -0.2) is 25.8 Å². The van der Waals surface area contributed by atoms with Crippen LogP contribution in [0.2, 0.25) is 0 Å². The predicted molar refractivity (Wildman–Crippen MR) is 65.2 cm³/mol. The monoisotopic (exact) mass is 220 g/mol. The normalized spacial score (nSPS) is 19.6. The van der Waals surface area contributed by atoms with E-state index < -0.39 is 0 Å². The summed E-state index contributed by atoms with van der Waals surface area (Å²) in [5, 5.41) is 3.51. The van der Waals surface area contributed by atoms with Crippen LogP contribution in [0.3, 0.4) is 0 Å². The van der Waals surface area contributed by atoms with Crippen LogP contribution in [0, 0.1) is 0 Å². The van der Waals surface area contributed by atoms with Crippen LogP contribution >= 0.6 is 0 Å². The van der Waals surface area contributed by atoms with Gasteiger partial charge in [0.05, 0.1) is 0 Å². The largest absolute Gasteiger partial charge is 0.381 e. The van der Waals surface area contributed by atoms with Crippen molar-refractivity contribution in [2.75, 3.05) is 19.8 Å². The first-order chi connectivity index (χ1) is 7.86. The van der Waals surface area contributed by atoms with Gasteiger partial charge in [0, 0.05) is 31.8 Å². The molecule has 1 aliphatic heterocycles. The summed E-state index contributed by atoms with van der Waals surface area (Å²) in [4.78, 5) is 0. The molecular weight excluding hydrogens is 200 g/mol. The van der Waals surface area contributed by atoms with Crippen molar-refractivity contribution in [1.82, 2.24) is 5.32 Å². The fourth-order valence-electron chi connectivity index (χ4n) is 2.01. The first-order valence-electron chi connectivity index (χ1n) is 5.98. The molecule has 2 rings (SSSR count).